The highest BCUT2D eigenvalue weighted by Gasteiger charge is 2.22. The number of nitrogens with zero attached hydrogens (tertiary/aromatic N) is 1. The molecular weight excluding hydrogens is 383 g/mol. The van der Waals surface area contributed by atoms with Crippen LogP contribution >= 0.6 is 0 Å². The van der Waals surface area contributed by atoms with Crippen LogP contribution in [0.5, 0.6) is 5.75 Å². The third-order valence-electron chi connectivity index (χ3n) is 4.83. The minimum absolute atomic E-state index is 0.104. The van der Waals surface area contributed by atoms with Gasteiger partial charge in [-0.25, -0.2) is 4.39 Å². The Kier molecular flexibility index (Phi) is 8.06. The standard InChI is InChI=1S/C23H29FN4O2/c1-25-23(27-13-12-26-22(29)14-17-8-10-20(24)11-9-17)28-15-19-4-2-3-5-21(19)30-16-18-6-7-18/h2-5,8-11,18H,6-7,12-16H2,1H3,(H,26,29)(H2,25,27,28). The van der Waals surface area contributed by atoms with E-state index in [1.165, 1.54) is 25.0 Å². The molecule has 2 aromatic rings. The molecule has 3 rings (SSSR count). The van der Waals surface area contributed by atoms with E-state index >= 15 is 0 Å². The van der Waals surface area contributed by atoms with Crippen molar-refractivity contribution in [3.8, 4) is 5.75 Å². The van der Waals surface area contributed by atoms with Gasteiger partial charge in [-0.2, -0.15) is 0 Å². The van der Waals surface area contributed by atoms with Crippen LogP contribution in [0.15, 0.2) is 53.5 Å². The van der Waals surface area contributed by atoms with Crippen LogP contribution in [0.1, 0.15) is 24.0 Å². The summed E-state index contributed by atoms with van der Waals surface area (Å²) in [5.74, 6) is 1.85. The Morgan fingerprint density at radius 1 is 1.07 bits per heavy atom. The molecule has 1 fully saturated rings. The Morgan fingerprint density at radius 2 is 1.80 bits per heavy atom. The van der Waals surface area contributed by atoms with Crippen LogP contribution in [0.3, 0.4) is 0 Å². The maximum atomic E-state index is 12.9. The zero-order valence-corrected chi connectivity index (χ0v) is 17.3. The summed E-state index contributed by atoms with van der Waals surface area (Å²) in [4.78, 5) is 16.2. The molecule has 2 aromatic carbocycles. The van der Waals surface area contributed by atoms with E-state index in [0.29, 0.717) is 31.5 Å². The Morgan fingerprint density at radius 3 is 2.53 bits per heavy atom. The normalized spacial score (nSPS) is 13.6. The summed E-state index contributed by atoms with van der Waals surface area (Å²) in [5.41, 5.74) is 1.86. The molecule has 1 aliphatic carbocycles. The molecular formula is C23H29FN4O2. The topological polar surface area (TPSA) is 74.8 Å². The predicted octanol–water partition coefficient (Wildman–Crippen LogP) is 2.64. The first kappa shape index (κ1) is 21.6. The summed E-state index contributed by atoms with van der Waals surface area (Å²) in [6.07, 6.45) is 2.75. The summed E-state index contributed by atoms with van der Waals surface area (Å²) in [6.45, 7) is 2.37. The Labute approximate surface area is 176 Å². The highest BCUT2D eigenvalue weighted by atomic mass is 19.1. The number of nitrogens with one attached hydrogen (secondary N) is 3. The van der Waals surface area contributed by atoms with Gasteiger partial charge in [-0.15, -0.1) is 0 Å². The van der Waals surface area contributed by atoms with Gasteiger partial charge in [-0.1, -0.05) is 30.3 Å². The van der Waals surface area contributed by atoms with Crippen molar-refractivity contribution >= 4 is 11.9 Å². The molecule has 0 unspecified atom stereocenters. The van der Waals surface area contributed by atoms with E-state index in [-0.39, 0.29) is 18.1 Å². The average Bonchev–Trinajstić information content (AvgIpc) is 3.58. The van der Waals surface area contributed by atoms with Crippen LogP contribution in [0.4, 0.5) is 4.39 Å². The van der Waals surface area contributed by atoms with Gasteiger partial charge in [0.05, 0.1) is 13.0 Å². The van der Waals surface area contributed by atoms with E-state index in [4.69, 9.17) is 4.74 Å². The fourth-order valence-electron chi connectivity index (χ4n) is 2.92. The van der Waals surface area contributed by atoms with Crippen LogP contribution in [0.25, 0.3) is 0 Å². The SMILES string of the molecule is CN=C(NCCNC(=O)Cc1ccc(F)cc1)NCc1ccccc1OCC1CC1. The van der Waals surface area contributed by atoms with Gasteiger partial charge in [0.25, 0.3) is 0 Å². The molecule has 0 bridgehead atoms. The number of carbonyl (C=O) groups is 1. The third kappa shape index (κ3) is 7.39. The number of ether oxygens (including phenoxy) is 1. The highest BCUT2D eigenvalue weighted by Crippen LogP contribution is 2.30. The molecule has 160 valence electrons. The molecule has 0 spiro atoms. The monoisotopic (exact) mass is 412 g/mol. The molecule has 0 heterocycles. The molecule has 1 saturated carbocycles. The molecule has 0 aliphatic heterocycles. The number of carbonyl (C=O) groups excluding carboxylic acids is 1. The molecule has 6 nitrogen and oxygen atoms in total. The first-order valence-electron chi connectivity index (χ1n) is 10.3. The number of aliphatic imine (C=N–C) groups is 1. The number of hydrogen-bond donors (Lipinski definition) is 3. The van der Waals surface area contributed by atoms with Gasteiger partial charge in [0.15, 0.2) is 5.96 Å². The van der Waals surface area contributed by atoms with E-state index in [1.54, 1.807) is 19.2 Å². The summed E-state index contributed by atoms with van der Waals surface area (Å²) in [6, 6.07) is 14.0. The minimum Gasteiger partial charge on any atom is -0.493 e. The van der Waals surface area contributed by atoms with Crippen LogP contribution in [-0.2, 0) is 17.8 Å². The van der Waals surface area contributed by atoms with Gasteiger partial charge < -0.3 is 20.7 Å². The first-order valence-corrected chi connectivity index (χ1v) is 10.3. The van der Waals surface area contributed by atoms with Crippen molar-refractivity contribution < 1.29 is 13.9 Å². The highest BCUT2D eigenvalue weighted by molar-refractivity contribution is 5.80. The van der Waals surface area contributed by atoms with Gasteiger partial charge in [-0.3, -0.25) is 9.79 Å². The predicted molar refractivity (Wildman–Crippen MR) is 116 cm³/mol. The lowest BCUT2D eigenvalue weighted by Crippen LogP contribution is -2.41. The van der Waals surface area contributed by atoms with Crippen molar-refractivity contribution in [2.75, 3.05) is 26.7 Å². The van der Waals surface area contributed by atoms with E-state index < -0.39 is 0 Å². The van der Waals surface area contributed by atoms with Crippen LogP contribution < -0.4 is 20.7 Å². The zero-order valence-electron chi connectivity index (χ0n) is 17.3. The number of rotatable bonds is 10. The fourth-order valence-corrected chi connectivity index (χ4v) is 2.92. The summed E-state index contributed by atoms with van der Waals surface area (Å²) >= 11 is 0. The van der Waals surface area contributed by atoms with E-state index in [0.717, 1.165) is 23.5 Å². The van der Waals surface area contributed by atoms with Crippen molar-refractivity contribution in [3.05, 3.63) is 65.5 Å². The number of halogens is 1. The zero-order chi connectivity index (χ0) is 21.2. The maximum absolute atomic E-state index is 12.9. The lowest BCUT2D eigenvalue weighted by atomic mass is 10.1. The van der Waals surface area contributed by atoms with Crippen LogP contribution in [0, 0.1) is 11.7 Å². The van der Waals surface area contributed by atoms with E-state index in [1.807, 2.05) is 24.3 Å². The van der Waals surface area contributed by atoms with Gasteiger partial charge in [0.2, 0.25) is 5.91 Å². The Hall–Kier alpha value is -3.09. The molecule has 1 amide bonds. The lowest BCUT2D eigenvalue weighted by Gasteiger charge is -2.15. The molecule has 0 radical (unpaired) electrons. The molecule has 3 N–H and O–H groups in total. The second kappa shape index (κ2) is 11.2. The average molecular weight is 413 g/mol. The lowest BCUT2D eigenvalue weighted by molar-refractivity contribution is -0.120. The van der Waals surface area contributed by atoms with E-state index in [2.05, 4.69) is 20.9 Å². The van der Waals surface area contributed by atoms with Crippen molar-refractivity contribution in [1.29, 1.82) is 0 Å². The van der Waals surface area contributed by atoms with Crippen molar-refractivity contribution in [3.63, 3.8) is 0 Å². The number of guanidine groups is 1. The van der Waals surface area contributed by atoms with Gasteiger partial charge in [0, 0.05) is 32.2 Å². The molecule has 7 heteroatoms. The third-order valence-corrected chi connectivity index (χ3v) is 4.83. The van der Waals surface area contributed by atoms with Gasteiger partial charge >= 0.3 is 0 Å². The number of hydrogen-bond acceptors (Lipinski definition) is 3. The summed E-state index contributed by atoms with van der Waals surface area (Å²) in [5, 5.41) is 9.30. The molecule has 30 heavy (non-hydrogen) atoms. The number of para-hydroxylation sites is 1. The van der Waals surface area contributed by atoms with Crippen molar-refractivity contribution in [1.82, 2.24) is 16.0 Å². The smallest absolute Gasteiger partial charge is 0.224 e. The van der Waals surface area contributed by atoms with Gasteiger partial charge in [0.1, 0.15) is 11.6 Å². The first-order chi connectivity index (χ1) is 14.6. The number of benzene rings is 2. The molecule has 0 aromatic heterocycles. The molecule has 1 aliphatic rings. The minimum atomic E-state index is -0.306. The van der Waals surface area contributed by atoms with Crippen LogP contribution in [-0.4, -0.2) is 38.6 Å². The Bertz CT molecular complexity index is 851. The molecule has 0 saturated heterocycles. The van der Waals surface area contributed by atoms with Crippen LogP contribution in [0.2, 0.25) is 0 Å². The quantitative estimate of drug-likeness (QED) is 0.319. The number of amides is 1. The Balaban J connectivity index is 1.35. The van der Waals surface area contributed by atoms with Crippen molar-refractivity contribution in [2.24, 2.45) is 10.9 Å². The second-order valence-corrected chi connectivity index (χ2v) is 7.37. The fraction of sp³-hybridized carbons (Fsp3) is 0.391. The molecule has 0 atom stereocenters. The summed E-state index contributed by atoms with van der Waals surface area (Å²) < 4.78 is 18.9. The van der Waals surface area contributed by atoms with Gasteiger partial charge in [-0.05, 0) is 42.5 Å². The maximum Gasteiger partial charge on any atom is 0.224 e. The largest absolute Gasteiger partial charge is 0.493 e. The second-order valence-electron chi connectivity index (χ2n) is 7.37. The van der Waals surface area contributed by atoms with E-state index in [9.17, 15) is 9.18 Å². The van der Waals surface area contributed by atoms with Crippen molar-refractivity contribution in [2.45, 2.75) is 25.8 Å². The summed E-state index contributed by atoms with van der Waals surface area (Å²) in [7, 11) is 1.71.